The normalized spacial score (nSPS) is 9.88. The molecule has 17 heavy (non-hydrogen) atoms. The second kappa shape index (κ2) is 9.62. The number of hydrogen-bond donors (Lipinski definition) is 3. The average molecular weight is 245 g/mol. The number of carbonyl (C=O) groups is 3. The number of carbonyl (C=O) groups excluding carboxylic acids is 1. The second-order valence-electron chi connectivity index (χ2n) is 3.83. The van der Waals surface area contributed by atoms with Crippen molar-refractivity contribution in [1.29, 1.82) is 0 Å². The molecule has 0 aromatic heterocycles. The molecule has 0 bridgehead atoms. The smallest absolute Gasteiger partial charge is 0.322 e. The third kappa shape index (κ3) is 12.3. The molecule has 0 aliphatic carbocycles. The molecule has 0 aromatic rings. The summed E-state index contributed by atoms with van der Waals surface area (Å²) < 4.78 is 0. The van der Waals surface area contributed by atoms with Crippen LogP contribution in [-0.2, 0) is 14.4 Å². The van der Waals surface area contributed by atoms with Crippen molar-refractivity contribution in [3.8, 4) is 0 Å². The van der Waals surface area contributed by atoms with Gasteiger partial charge in [-0.15, -0.1) is 0 Å². The van der Waals surface area contributed by atoms with Crippen LogP contribution in [-0.4, -0.2) is 34.6 Å². The molecule has 0 radical (unpaired) electrons. The number of nitrogens with one attached hydrogen (secondary N) is 1. The van der Waals surface area contributed by atoms with Gasteiger partial charge in [0, 0.05) is 12.8 Å². The molecule has 3 N–H and O–H groups in total. The van der Waals surface area contributed by atoms with Gasteiger partial charge in [0.05, 0.1) is 0 Å². The van der Waals surface area contributed by atoms with E-state index in [2.05, 4.69) is 5.32 Å². The summed E-state index contributed by atoms with van der Waals surface area (Å²) in [7, 11) is 0. The van der Waals surface area contributed by atoms with Gasteiger partial charge in [-0.25, -0.2) is 0 Å². The van der Waals surface area contributed by atoms with E-state index in [-0.39, 0.29) is 18.9 Å². The molecule has 0 saturated carbocycles. The molecule has 98 valence electrons. The molecule has 0 atom stereocenters. The Kier molecular flexibility index (Phi) is 8.72. The highest BCUT2D eigenvalue weighted by atomic mass is 16.4. The van der Waals surface area contributed by atoms with Gasteiger partial charge in [-0.3, -0.25) is 14.4 Å². The van der Waals surface area contributed by atoms with Gasteiger partial charge in [0.1, 0.15) is 6.54 Å². The van der Waals surface area contributed by atoms with E-state index in [1.807, 2.05) is 0 Å². The van der Waals surface area contributed by atoms with E-state index in [4.69, 9.17) is 10.2 Å². The minimum Gasteiger partial charge on any atom is -0.481 e. The highest BCUT2D eigenvalue weighted by Crippen LogP contribution is 2.06. The highest BCUT2D eigenvalue weighted by molar-refractivity contribution is 5.80. The summed E-state index contributed by atoms with van der Waals surface area (Å²) in [6, 6.07) is 0. The lowest BCUT2D eigenvalue weighted by atomic mass is 10.1. The average Bonchev–Trinajstić information content (AvgIpc) is 2.24. The molecule has 0 rings (SSSR count). The monoisotopic (exact) mass is 245 g/mol. The number of rotatable bonds is 10. The van der Waals surface area contributed by atoms with Crippen LogP contribution >= 0.6 is 0 Å². The second-order valence-corrected chi connectivity index (χ2v) is 3.83. The molecule has 0 aliphatic rings. The van der Waals surface area contributed by atoms with Gasteiger partial charge < -0.3 is 15.5 Å². The van der Waals surface area contributed by atoms with Crippen molar-refractivity contribution in [3.05, 3.63) is 0 Å². The summed E-state index contributed by atoms with van der Waals surface area (Å²) in [5, 5.41) is 19.0. The lowest BCUT2D eigenvalue weighted by Gasteiger charge is -2.02. The van der Waals surface area contributed by atoms with E-state index < -0.39 is 11.9 Å². The zero-order chi connectivity index (χ0) is 13.1. The maximum atomic E-state index is 11.1. The molecule has 6 nitrogen and oxygen atoms in total. The van der Waals surface area contributed by atoms with Crippen LogP contribution in [0, 0.1) is 0 Å². The van der Waals surface area contributed by atoms with E-state index in [1.165, 1.54) is 0 Å². The number of unbranched alkanes of at least 4 members (excludes halogenated alkanes) is 4. The summed E-state index contributed by atoms with van der Waals surface area (Å²) in [5.41, 5.74) is 0. The molecule has 0 aromatic carbocycles. The van der Waals surface area contributed by atoms with Crippen LogP contribution in [0.25, 0.3) is 0 Å². The van der Waals surface area contributed by atoms with Crippen molar-refractivity contribution in [2.75, 3.05) is 6.54 Å². The largest absolute Gasteiger partial charge is 0.481 e. The van der Waals surface area contributed by atoms with E-state index >= 15 is 0 Å². The molecule has 0 unspecified atom stereocenters. The zero-order valence-corrected chi connectivity index (χ0v) is 9.78. The van der Waals surface area contributed by atoms with E-state index in [9.17, 15) is 14.4 Å². The van der Waals surface area contributed by atoms with Crippen LogP contribution in [0.5, 0.6) is 0 Å². The van der Waals surface area contributed by atoms with Crippen LogP contribution in [0.15, 0.2) is 0 Å². The quantitative estimate of drug-likeness (QED) is 0.498. The highest BCUT2D eigenvalue weighted by Gasteiger charge is 2.03. The lowest BCUT2D eigenvalue weighted by Crippen LogP contribution is -2.28. The maximum Gasteiger partial charge on any atom is 0.322 e. The van der Waals surface area contributed by atoms with Gasteiger partial charge in [0.2, 0.25) is 5.91 Å². The summed E-state index contributed by atoms with van der Waals surface area (Å²) in [5.74, 6) is -2.08. The predicted molar refractivity (Wildman–Crippen MR) is 60.6 cm³/mol. The van der Waals surface area contributed by atoms with Crippen molar-refractivity contribution in [2.24, 2.45) is 0 Å². The first-order valence-corrected chi connectivity index (χ1v) is 5.72. The number of aliphatic carboxylic acids is 2. The minimum atomic E-state index is -1.05. The molecule has 1 amide bonds. The number of hydrogen-bond acceptors (Lipinski definition) is 3. The molecular formula is C11H19NO5. The third-order valence-corrected chi connectivity index (χ3v) is 2.23. The van der Waals surface area contributed by atoms with Crippen LogP contribution in [0.4, 0.5) is 0 Å². The van der Waals surface area contributed by atoms with Gasteiger partial charge in [-0.05, 0) is 12.8 Å². The van der Waals surface area contributed by atoms with Crippen LogP contribution in [0.2, 0.25) is 0 Å². The Bertz CT molecular complexity index is 265. The van der Waals surface area contributed by atoms with E-state index in [0.29, 0.717) is 19.3 Å². The standard InChI is InChI=1S/C11H19NO5/c13-9(12-8-11(16)17)6-4-2-1-3-5-7-10(14)15/h1-8H2,(H,12,13)(H,14,15)(H,16,17). The molecule has 0 aliphatic heterocycles. The molecule has 0 spiro atoms. The number of amides is 1. The maximum absolute atomic E-state index is 11.1. The summed E-state index contributed by atoms with van der Waals surface area (Å²) >= 11 is 0. The Labute approximate surface area is 100 Å². The van der Waals surface area contributed by atoms with Crippen molar-refractivity contribution < 1.29 is 24.6 Å². The number of carboxylic acids is 2. The third-order valence-electron chi connectivity index (χ3n) is 2.23. The molecule has 6 heteroatoms. The zero-order valence-electron chi connectivity index (χ0n) is 9.78. The fraction of sp³-hybridized carbons (Fsp3) is 0.727. The van der Waals surface area contributed by atoms with Crippen LogP contribution in [0.1, 0.15) is 44.9 Å². The minimum absolute atomic E-state index is 0.194. The molecule has 0 saturated heterocycles. The summed E-state index contributed by atoms with van der Waals surface area (Å²) in [4.78, 5) is 31.4. The SMILES string of the molecule is O=C(O)CCCCCCCC(=O)NCC(=O)O. The summed E-state index contributed by atoms with van der Waals surface area (Å²) in [6.07, 6.45) is 4.51. The molecular weight excluding hydrogens is 226 g/mol. The Morgan fingerprint density at radius 1 is 0.765 bits per heavy atom. The van der Waals surface area contributed by atoms with Gasteiger partial charge in [0.25, 0.3) is 0 Å². The Hall–Kier alpha value is -1.59. The van der Waals surface area contributed by atoms with Crippen LogP contribution in [0.3, 0.4) is 0 Å². The first-order valence-electron chi connectivity index (χ1n) is 5.72. The lowest BCUT2D eigenvalue weighted by molar-refractivity contribution is -0.138. The van der Waals surface area contributed by atoms with Gasteiger partial charge in [0.15, 0.2) is 0 Å². The van der Waals surface area contributed by atoms with E-state index in [0.717, 1.165) is 19.3 Å². The fourth-order valence-corrected chi connectivity index (χ4v) is 1.35. The van der Waals surface area contributed by atoms with Crippen molar-refractivity contribution in [3.63, 3.8) is 0 Å². The van der Waals surface area contributed by atoms with Crippen LogP contribution < -0.4 is 5.32 Å². The molecule has 0 fully saturated rings. The Morgan fingerprint density at radius 3 is 1.82 bits per heavy atom. The molecule has 0 heterocycles. The first kappa shape index (κ1) is 15.4. The van der Waals surface area contributed by atoms with Crippen molar-refractivity contribution in [2.45, 2.75) is 44.9 Å². The predicted octanol–water partition coefficient (Wildman–Crippen LogP) is 1.00. The van der Waals surface area contributed by atoms with Crippen molar-refractivity contribution >= 4 is 17.8 Å². The first-order chi connectivity index (χ1) is 8.02. The Morgan fingerprint density at radius 2 is 1.29 bits per heavy atom. The Balaban J connectivity index is 3.24. The van der Waals surface area contributed by atoms with E-state index in [1.54, 1.807) is 0 Å². The van der Waals surface area contributed by atoms with Crippen molar-refractivity contribution in [1.82, 2.24) is 5.32 Å². The van der Waals surface area contributed by atoms with Gasteiger partial charge in [-0.1, -0.05) is 19.3 Å². The fourth-order valence-electron chi connectivity index (χ4n) is 1.35. The summed E-state index contributed by atoms with van der Waals surface area (Å²) in [6.45, 7) is -0.336. The number of carboxylic acid groups (broad SMARTS) is 2. The van der Waals surface area contributed by atoms with Gasteiger partial charge >= 0.3 is 11.9 Å². The topological polar surface area (TPSA) is 104 Å². The van der Waals surface area contributed by atoms with Gasteiger partial charge in [-0.2, -0.15) is 0 Å².